The maximum Gasteiger partial charge on any atom is 0.410 e. The molecule has 0 radical (unpaired) electrons. The molecule has 1 aromatic carbocycles. The Morgan fingerprint density at radius 3 is 2.59 bits per heavy atom. The Balaban J connectivity index is 1.39. The predicted molar refractivity (Wildman–Crippen MR) is 98.4 cm³/mol. The van der Waals surface area contributed by atoms with Gasteiger partial charge in [-0.25, -0.2) is 4.79 Å². The monoisotopic (exact) mass is 368 g/mol. The number of amides is 1. The molecular formula is C19H20N4O4. The van der Waals surface area contributed by atoms with Gasteiger partial charge in [0.05, 0.1) is 11.2 Å². The average Bonchev–Trinajstić information content (AvgIpc) is 3.46. The van der Waals surface area contributed by atoms with Crippen molar-refractivity contribution >= 4 is 17.6 Å². The third kappa shape index (κ3) is 3.55. The van der Waals surface area contributed by atoms with Crippen molar-refractivity contribution in [3.8, 4) is 0 Å². The molecule has 1 saturated carbocycles. The second-order valence-corrected chi connectivity index (χ2v) is 6.97. The minimum absolute atomic E-state index is 0.164. The summed E-state index contributed by atoms with van der Waals surface area (Å²) in [5, 5.41) is 10.8. The van der Waals surface area contributed by atoms with Gasteiger partial charge in [0.2, 0.25) is 0 Å². The van der Waals surface area contributed by atoms with Crippen LogP contribution in [0.1, 0.15) is 18.4 Å². The van der Waals surface area contributed by atoms with Gasteiger partial charge in [-0.3, -0.25) is 4.90 Å². The quantitative estimate of drug-likeness (QED) is 0.609. The zero-order valence-corrected chi connectivity index (χ0v) is 14.8. The van der Waals surface area contributed by atoms with Gasteiger partial charge in [-0.2, -0.15) is 0 Å². The van der Waals surface area contributed by atoms with Crippen LogP contribution in [0.2, 0.25) is 0 Å². The number of ether oxygens (including phenoxy) is 1. The van der Waals surface area contributed by atoms with Gasteiger partial charge < -0.3 is 19.8 Å². The number of pyridine rings is 1. The molecule has 4 rings (SSSR count). The van der Waals surface area contributed by atoms with Gasteiger partial charge in [0, 0.05) is 25.7 Å². The van der Waals surface area contributed by atoms with Crippen molar-refractivity contribution in [3.63, 3.8) is 0 Å². The molecule has 2 fully saturated rings. The van der Waals surface area contributed by atoms with E-state index in [0.717, 1.165) is 24.1 Å². The molecule has 0 N–H and O–H groups in total. The molecule has 140 valence electrons. The summed E-state index contributed by atoms with van der Waals surface area (Å²) >= 11 is 0. The first-order valence-corrected chi connectivity index (χ1v) is 8.91. The maximum absolute atomic E-state index is 12.6. The number of nitrogens with zero attached hydrogens (tertiary/aromatic N) is 4. The Morgan fingerprint density at radius 1 is 1.19 bits per heavy atom. The highest BCUT2D eigenvalue weighted by Gasteiger charge is 2.54. The maximum atomic E-state index is 12.6. The molecule has 0 atom stereocenters. The summed E-state index contributed by atoms with van der Waals surface area (Å²) in [4.78, 5) is 30.7. The predicted octanol–water partition coefficient (Wildman–Crippen LogP) is 2.98. The minimum atomic E-state index is -0.507. The molecule has 1 aromatic heterocycles. The third-order valence-electron chi connectivity index (χ3n) is 5.19. The van der Waals surface area contributed by atoms with Gasteiger partial charge in [0.15, 0.2) is 6.20 Å². The molecule has 0 bridgehead atoms. The van der Waals surface area contributed by atoms with Gasteiger partial charge in [0.1, 0.15) is 6.61 Å². The topological polar surface area (TPSA) is 88.8 Å². The fourth-order valence-corrected chi connectivity index (χ4v) is 3.53. The van der Waals surface area contributed by atoms with Crippen LogP contribution in [-0.4, -0.2) is 46.1 Å². The van der Waals surface area contributed by atoms with Crippen molar-refractivity contribution in [2.45, 2.75) is 25.0 Å². The van der Waals surface area contributed by atoms with Crippen molar-refractivity contribution in [2.24, 2.45) is 0 Å². The molecule has 27 heavy (non-hydrogen) atoms. The zero-order valence-electron chi connectivity index (χ0n) is 14.8. The minimum Gasteiger partial charge on any atom is -0.445 e. The van der Waals surface area contributed by atoms with Crippen molar-refractivity contribution < 1.29 is 14.5 Å². The first-order valence-electron chi connectivity index (χ1n) is 8.91. The second-order valence-electron chi connectivity index (χ2n) is 6.97. The van der Waals surface area contributed by atoms with E-state index < -0.39 is 4.92 Å². The Hall–Kier alpha value is -3.16. The Bertz CT molecular complexity index is 837. The van der Waals surface area contributed by atoms with Crippen LogP contribution in [-0.2, 0) is 11.3 Å². The number of benzene rings is 1. The van der Waals surface area contributed by atoms with Crippen LogP contribution >= 0.6 is 0 Å². The molecule has 1 aliphatic carbocycles. The number of nitro groups is 1. The molecule has 1 amide bonds. The number of hydrogen-bond acceptors (Lipinski definition) is 6. The van der Waals surface area contributed by atoms with Crippen LogP contribution in [0.5, 0.6) is 0 Å². The normalized spacial score (nSPS) is 17.6. The van der Waals surface area contributed by atoms with Gasteiger partial charge in [-0.1, -0.05) is 30.3 Å². The highest BCUT2D eigenvalue weighted by Crippen LogP contribution is 2.45. The SMILES string of the molecule is O=C(OCc1ccccc1)N1CCN(c2ccc([N+](=O)[O-])nc2)CC12CC2. The third-order valence-corrected chi connectivity index (χ3v) is 5.19. The van der Waals surface area contributed by atoms with Crippen LogP contribution < -0.4 is 4.90 Å². The average molecular weight is 368 g/mol. The van der Waals surface area contributed by atoms with E-state index in [-0.39, 0.29) is 24.1 Å². The zero-order chi connectivity index (χ0) is 18.9. The van der Waals surface area contributed by atoms with Crippen molar-refractivity contribution in [1.82, 2.24) is 9.88 Å². The number of carbonyl (C=O) groups excluding carboxylic acids is 1. The summed E-state index contributed by atoms with van der Waals surface area (Å²) < 4.78 is 5.51. The molecular weight excluding hydrogens is 348 g/mol. The second kappa shape index (κ2) is 6.86. The molecule has 1 saturated heterocycles. The number of piperazine rings is 1. The Labute approximate surface area is 156 Å². The van der Waals surface area contributed by atoms with E-state index in [1.807, 2.05) is 35.2 Å². The molecule has 2 aromatic rings. The van der Waals surface area contributed by atoms with E-state index in [4.69, 9.17) is 4.74 Å². The van der Waals surface area contributed by atoms with Crippen LogP contribution in [0.25, 0.3) is 0 Å². The Morgan fingerprint density at radius 2 is 1.96 bits per heavy atom. The highest BCUT2D eigenvalue weighted by atomic mass is 16.6. The Kier molecular flexibility index (Phi) is 4.39. The largest absolute Gasteiger partial charge is 0.445 e. The van der Waals surface area contributed by atoms with Gasteiger partial charge >= 0.3 is 11.9 Å². The van der Waals surface area contributed by atoms with E-state index in [0.29, 0.717) is 19.6 Å². The van der Waals surface area contributed by atoms with Gasteiger partial charge in [-0.05, 0) is 34.4 Å². The molecule has 2 heterocycles. The van der Waals surface area contributed by atoms with Crippen LogP contribution in [0.4, 0.5) is 16.3 Å². The van der Waals surface area contributed by atoms with Gasteiger partial charge in [-0.15, -0.1) is 0 Å². The summed E-state index contributed by atoms with van der Waals surface area (Å²) in [5.74, 6) is -0.164. The molecule has 1 spiro atoms. The van der Waals surface area contributed by atoms with E-state index in [2.05, 4.69) is 9.88 Å². The molecule has 8 heteroatoms. The highest BCUT2D eigenvalue weighted by molar-refractivity contribution is 5.70. The lowest BCUT2D eigenvalue weighted by molar-refractivity contribution is -0.389. The van der Waals surface area contributed by atoms with Crippen LogP contribution in [0, 0.1) is 10.1 Å². The van der Waals surface area contributed by atoms with E-state index >= 15 is 0 Å². The summed E-state index contributed by atoms with van der Waals surface area (Å²) in [6.45, 7) is 2.15. The molecule has 1 aliphatic heterocycles. The van der Waals surface area contributed by atoms with Gasteiger partial charge in [0.25, 0.3) is 0 Å². The summed E-state index contributed by atoms with van der Waals surface area (Å²) in [6, 6.07) is 12.8. The lowest BCUT2D eigenvalue weighted by Gasteiger charge is -2.42. The summed E-state index contributed by atoms with van der Waals surface area (Å²) in [7, 11) is 0. The van der Waals surface area contributed by atoms with Crippen LogP contribution in [0.3, 0.4) is 0 Å². The number of hydrogen-bond donors (Lipinski definition) is 0. The number of rotatable bonds is 4. The molecule has 2 aliphatic rings. The number of anilines is 1. The smallest absolute Gasteiger partial charge is 0.410 e. The summed E-state index contributed by atoms with van der Waals surface area (Å²) in [6.07, 6.45) is 3.12. The number of carbonyl (C=O) groups is 1. The molecule has 0 unspecified atom stereocenters. The van der Waals surface area contributed by atoms with Crippen molar-refractivity contribution in [1.29, 1.82) is 0 Å². The van der Waals surface area contributed by atoms with E-state index in [1.165, 1.54) is 12.3 Å². The first kappa shape index (κ1) is 17.3. The van der Waals surface area contributed by atoms with E-state index in [1.54, 1.807) is 6.07 Å². The molecule has 8 nitrogen and oxygen atoms in total. The van der Waals surface area contributed by atoms with E-state index in [9.17, 15) is 14.9 Å². The lowest BCUT2D eigenvalue weighted by Crippen LogP contribution is -2.57. The van der Waals surface area contributed by atoms with Crippen LogP contribution in [0.15, 0.2) is 48.7 Å². The first-order chi connectivity index (χ1) is 13.1. The summed E-state index contributed by atoms with van der Waals surface area (Å²) in [5.41, 5.74) is 1.60. The van der Waals surface area contributed by atoms with Crippen molar-refractivity contribution in [3.05, 3.63) is 64.3 Å². The van der Waals surface area contributed by atoms with Crippen molar-refractivity contribution in [2.75, 3.05) is 24.5 Å². The fourth-order valence-electron chi connectivity index (χ4n) is 3.53. The fraction of sp³-hybridized carbons (Fsp3) is 0.368. The number of aromatic nitrogens is 1. The standard InChI is InChI=1S/C19H20N4O4/c24-18(27-13-15-4-2-1-3-5-15)22-11-10-21(14-19(22)8-9-19)16-6-7-17(20-12-16)23(25)26/h1-7,12H,8-11,13-14H2. The lowest BCUT2D eigenvalue weighted by atomic mass is 10.1.